The van der Waals surface area contributed by atoms with Gasteiger partial charge in [0, 0.05) is 4.47 Å². The number of carbonyl (C=O) groups is 1. The Kier molecular flexibility index (Phi) is 4.06. The van der Waals surface area contributed by atoms with Crippen molar-refractivity contribution in [1.29, 1.82) is 0 Å². The topological polar surface area (TPSA) is 112 Å². The van der Waals surface area contributed by atoms with Gasteiger partial charge in [0.15, 0.2) is 0 Å². The van der Waals surface area contributed by atoms with Gasteiger partial charge in [-0.1, -0.05) is 0 Å². The number of aromatic amines is 1. The number of H-pyrrole nitrogens is 1. The summed E-state index contributed by atoms with van der Waals surface area (Å²) in [6.07, 6.45) is 0. The van der Waals surface area contributed by atoms with Crippen LogP contribution in [-0.4, -0.2) is 29.7 Å². The summed E-state index contributed by atoms with van der Waals surface area (Å²) in [5.41, 5.74) is 1.49. The predicted octanol–water partition coefficient (Wildman–Crippen LogP) is 2.29. The van der Waals surface area contributed by atoms with E-state index in [0.717, 1.165) is 0 Å². The van der Waals surface area contributed by atoms with Gasteiger partial charge in [0.25, 0.3) is 10.0 Å². The Hall–Kier alpha value is -1.87. The minimum Gasteiger partial charge on any atom is -0.478 e. The van der Waals surface area contributed by atoms with Crippen molar-refractivity contribution in [3.05, 3.63) is 39.6 Å². The fourth-order valence-electron chi connectivity index (χ4n) is 1.74. The van der Waals surface area contributed by atoms with Gasteiger partial charge in [-0.05, 0) is 48.0 Å². The normalized spacial score (nSPS) is 11.4. The second kappa shape index (κ2) is 5.49. The fourth-order valence-corrected chi connectivity index (χ4v) is 4.00. The van der Waals surface area contributed by atoms with Crippen molar-refractivity contribution in [3.63, 3.8) is 0 Å². The summed E-state index contributed by atoms with van der Waals surface area (Å²) in [7, 11) is -3.85. The minimum atomic E-state index is -3.85. The van der Waals surface area contributed by atoms with Gasteiger partial charge in [-0.3, -0.25) is 9.82 Å². The molecule has 0 saturated heterocycles. The van der Waals surface area contributed by atoms with E-state index in [9.17, 15) is 13.2 Å². The molecule has 0 atom stereocenters. The predicted molar refractivity (Wildman–Crippen MR) is 80.0 cm³/mol. The van der Waals surface area contributed by atoms with Gasteiger partial charge in [0.1, 0.15) is 4.90 Å². The maximum atomic E-state index is 12.4. The van der Waals surface area contributed by atoms with E-state index in [-0.39, 0.29) is 14.9 Å². The Morgan fingerprint density at radius 3 is 2.52 bits per heavy atom. The molecule has 0 aliphatic carbocycles. The monoisotopic (exact) mass is 373 g/mol. The fraction of sp³-hybridized carbons (Fsp3) is 0.167. The third-order valence-electron chi connectivity index (χ3n) is 2.83. The third kappa shape index (κ3) is 3.08. The number of benzene rings is 1. The van der Waals surface area contributed by atoms with Crippen molar-refractivity contribution < 1.29 is 18.3 Å². The van der Waals surface area contributed by atoms with Crippen molar-refractivity contribution in [1.82, 2.24) is 10.2 Å². The molecule has 0 unspecified atom stereocenters. The Bertz CT molecular complexity index is 794. The molecule has 0 aliphatic heterocycles. The number of hydrogen-bond donors (Lipinski definition) is 3. The van der Waals surface area contributed by atoms with Crippen molar-refractivity contribution in [2.75, 3.05) is 4.72 Å². The van der Waals surface area contributed by atoms with Crippen LogP contribution in [-0.2, 0) is 10.0 Å². The van der Waals surface area contributed by atoms with Crippen molar-refractivity contribution in [2.45, 2.75) is 18.7 Å². The number of hydrogen-bond acceptors (Lipinski definition) is 4. The molecule has 9 heteroatoms. The maximum absolute atomic E-state index is 12.4. The van der Waals surface area contributed by atoms with Crippen molar-refractivity contribution >= 4 is 37.6 Å². The van der Waals surface area contributed by atoms with Crippen LogP contribution in [0.3, 0.4) is 0 Å². The summed E-state index contributed by atoms with van der Waals surface area (Å²) in [4.78, 5) is 10.8. The Labute approximate surface area is 129 Å². The highest BCUT2D eigenvalue weighted by molar-refractivity contribution is 9.10. The molecule has 0 bridgehead atoms. The van der Waals surface area contributed by atoms with E-state index in [1.54, 1.807) is 13.8 Å². The smallest absolute Gasteiger partial charge is 0.335 e. The maximum Gasteiger partial charge on any atom is 0.335 e. The van der Waals surface area contributed by atoms with E-state index >= 15 is 0 Å². The molecule has 21 heavy (non-hydrogen) atoms. The number of anilines is 1. The molecule has 1 aromatic heterocycles. The number of halogens is 1. The van der Waals surface area contributed by atoms with E-state index in [0.29, 0.717) is 17.1 Å². The number of nitrogens with one attached hydrogen (secondary N) is 2. The first-order chi connectivity index (χ1) is 9.72. The van der Waals surface area contributed by atoms with Gasteiger partial charge >= 0.3 is 5.97 Å². The molecule has 1 aromatic carbocycles. The number of nitrogens with zero attached hydrogens (tertiary/aromatic N) is 1. The Balaban J connectivity index is 2.43. The number of rotatable bonds is 4. The molecule has 0 radical (unpaired) electrons. The van der Waals surface area contributed by atoms with Crippen LogP contribution in [0.25, 0.3) is 0 Å². The lowest BCUT2D eigenvalue weighted by atomic mass is 10.2. The van der Waals surface area contributed by atoms with Crippen LogP contribution in [0.15, 0.2) is 27.6 Å². The summed E-state index contributed by atoms with van der Waals surface area (Å²) in [5, 5.41) is 15.5. The molecule has 2 aromatic rings. The molecule has 1 heterocycles. The highest BCUT2D eigenvalue weighted by Crippen LogP contribution is 2.27. The van der Waals surface area contributed by atoms with E-state index in [2.05, 4.69) is 30.8 Å². The highest BCUT2D eigenvalue weighted by atomic mass is 79.9. The first-order valence-corrected chi connectivity index (χ1v) is 8.07. The molecule has 0 amide bonds. The Morgan fingerprint density at radius 1 is 1.38 bits per heavy atom. The van der Waals surface area contributed by atoms with E-state index in [1.165, 1.54) is 18.2 Å². The first kappa shape index (κ1) is 15.5. The molecule has 7 nitrogen and oxygen atoms in total. The van der Waals surface area contributed by atoms with Crippen molar-refractivity contribution in [3.8, 4) is 0 Å². The van der Waals surface area contributed by atoms with Crippen LogP contribution in [0.1, 0.15) is 21.7 Å². The lowest BCUT2D eigenvalue weighted by Gasteiger charge is -2.10. The van der Waals surface area contributed by atoms with Crippen LogP contribution in [0.4, 0.5) is 5.69 Å². The lowest BCUT2D eigenvalue weighted by molar-refractivity contribution is 0.0696. The van der Waals surface area contributed by atoms with Crippen LogP contribution in [0, 0.1) is 13.8 Å². The zero-order valence-corrected chi connectivity index (χ0v) is 13.5. The van der Waals surface area contributed by atoms with Gasteiger partial charge in [0.2, 0.25) is 0 Å². The standard InChI is InChI=1S/C12H12BrN3O4S/c1-6-11(7(2)15-14-6)16-21(19,20)10-4-3-8(12(17)18)5-9(10)13/h3-5,16H,1-2H3,(H,14,15)(H,17,18). The van der Waals surface area contributed by atoms with Gasteiger partial charge < -0.3 is 5.11 Å². The summed E-state index contributed by atoms with van der Waals surface area (Å²) in [6, 6.07) is 3.71. The van der Waals surface area contributed by atoms with Crippen molar-refractivity contribution in [2.24, 2.45) is 0 Å². The summed E-state index contributed by atoms with van der Waals surface area (Å²) < 4.78 is 27.4. The van der Waals surface area contributed by atoms with Gasteiger partial charge in [0.05, 0.1) is 22.6 Å². The molecule has 3 N–H and O–H groups in total. The van der Waals surface area contributed by atoms with E-state index < -0.39 is 16.0 Å². The summed E-state index contributed by atoms with van der Waals surface area (Å²) >= 11 is 3.09. The van der Waals surface area contributed by atoms with Crippen LogP contribution >= 0.6 is 15.9 Å². The van der Waals surface area contributed by atoms with Crippen LogP contribution in [0.5, 0.6) is 0 Å². The molecule has 0 fully saturated rings. The largest absolute Gasteiger partial charge is 0.478 e. The zero-order chi connectivity index (χ0) is 15.8. The van der Waals surface area contributed by atoms with Gasteiger partial charge in [-0.15, -0.1) is 0 Å². The third-order valence-corrected chi connectivity index (χ3v) is 5.16. The molecular formula is C12H12BrN3O4S. The molecule has 2 rings (SSSR count). The van der Waals surface area contributed by atoms with Gasteiger partial charge in [-0.2, -0.15) is 5.10 Å². The molecule has 0 spiro atoms. The molecular weight excluding hydrogens is 362 g/mol. The second-order valence-electron chi connectivity index (χ2n) is 4.36. The molecule has 0 aliphatic rings. The van der Waals surface area contributed by atoms with E-state index in [4.69, 9.17) is 5.11 Å². The number of carboxylic acid groups (broad SMARTS) is 1. The van der Waals surface area contributed by atoms with Crippen LogP contribution in [0.2, 0.25) is 0 Å². The number of carboxylic acids is 1. The Morgan fingerprint density at radius 2 is 2.05 bits per heavy atom. The summed E-state index contributed by atoms with van der Waals surface area (Å²) in [6.45, 7) is 3.37. The SMILES string of the molecule is Cc1n[nH]c(C)c1NS(=O)(=O)c1ccc(C(=O)O)cc1Br. The lowest BCUT2D eigenvalue weighted by Crippen LogP contribution is -2.15. The summed E-state index contributed by atoms with van der Waals surface area (Å²) in [5.74, 6) is -1.13. The number of aromatic carboxylic acids is 1. The average Bonchev–Trinajstić information content (AvgIpc) is 2.69. The van der Waals surface area contributed by atoms with Crippen LogP contribution < -0.4 is 4.72 Å². The quantitative estimate of drug-likeness (QED) is 0.760. The van der Waals surface area contributed by atoms with Gasteiger partial charge in [-0.25, -0.2) is 13.2 Å². The highest BCUT2D eigenvalue weighted by Gasteiger charge is 2.21. The molecule has 112 valence electrons. The van der Waals surface area contributed by atoms with E-state index in [1.807, 2.05) is 0 Å². The minimum absolute atomic E-state index is 0.00324. The number of aryl methyl sites for hydroxylation is 2. The number of sulfonamides is 1. The second-order valence-corrected chi connectivity index (χ2v) is 6.87. The average molecular weight is 374 g/mol. The first-order valence-electron chi connectivity index (χ1n) is 5.79. The number of aromatic nitrogens is 2. The zero-order valence-electron chi connectivity index (χ0n) is 11.1. The molecule has 0 saturated carbocycles.